The Morgan fingerprint density at radius 2 is 1.05 bits per heavy atom. The average Bonchev–Trinajstić information content (AvgIpc) is 3.12. The van der Waals surface area contributed by atoms with Crippen LogP contribution in [0.15, 0.2) is 54.6 Å². The third-order valence-corrected chi connectivity index (χ3v) is 8.59. The Labute approximate surface area is 370 Å². The van der Waals surface area contributed by atoms with Gasteiger partial charge in [0.15, 0.2) is 8.32 Å². The zero-order valence-electron chi connectivity index (χ0n) is 42.0. The van der Waals surface area contributed by atoms with Crippen molar-refractivity contribution >= 4 is 8.32 Å². The van der Waals surface area contributed by atoms with E-state index in [1.165, 1.54) is 36.0 Å². The highest BCUT2D eigenvalue weighted by atomic mass is 28.4. The molecule has 0 bridgehead atoms. The predicted octanol–water partition coefficient (Wildman–Crippen LogP) is 15.1. The Balaban J connectivity index is -0.000000311. The minimum Gasteiger partial charge on any atom is -0.417 e. The van der Waals surface area contributed by atoms with E-state index in [1.807, 2.05) is 18.2 Å². The van der Waals surface area contributed by atoms with Gasteiger partial charge in [0.05, 0.1) is 24.9 Å². The second-order valence-corrected chi connectivity index (χ2v) is 24.4. The molecule has 0 saturated carbocycles. The van der Waals surface area contributed by atoms with E-state index in [4.69, 9.17) is 28.1 Å². The van der Waals surface area contributed by atoms with E-state index in [2.05, 4.69) is 167 Å². The van der Waals surface area contributed by atoms with Gasteiger partial charge >= 0.3 is 0 Å². The molecule has 1 aliphatic rings. The van der Waals surface area contributed by atoms with Crippen LogP contribution in [-0.4, -0.2) is 66.8 Å². The summed E-state index contributed by atoms with van der Waals surface area (Å²) in [4.78, 5) is 0. The first kappa shape index (κ1) is 64.0. The van der Waals surface area contributed by atoms with Crippen molar-refractivity contribution in [3.05, 3.63) is 71.3 Å². The molecular formula is C52H102O6Si. The first-order valence-corrected chi connectivity index (χ1v) is 25.9. The molecule has 7 heteroatoms. The molecule has 2 aromatic carbocycles. The van der Waals surface area contributed by atoms with Crippen LogP contribution in [0.25, 0.3) is 0 Å². The minimum absolute atomic E-state index is 0. The summed E-state index contributed by atoms with van der Waals surface area (Å²) in [7, 11) is 0.502. The molecule has 1 fully saturated rings. The highest BCUT2D eigenvalue weighted by Crippen LogP contribution is 2.19. The van der Waals surface area contributed by atoms with Crippen molar-refractivity contribution in [3.8, 4) is 0 Å². The van der Waals surface area contributed by atoms with E-state index in [9.17, 15) is 0 Å². The maximum atomic E-state index is 5.63. The number of rotatable bonds is 16. The van der Waals surface area contributed by atoms with Crippen molar-refractivity contribution in [1.82, 2.24) is 0 Å². The molecule has 350 valence electrons. The lowest BCUT2D eigenvalue weighted by molar-refractivity contribution is -0.0168. The van der Waals surface area contributed by atoms with Gasteiger partial charge in [-0.2, -0.15) is 0 Å². The van der Waals surface area contributed by atoms with E-state index in [0.29, 0.717) is 41.6 Å². The van der Waals surface area contributed by atoms with Gasteiger partial charge in [0.25, 0.3) is 0 Å². The lowest BCUT2D eigenvalue weighted by Gasteiger charge is -2.25. The molecule has 1 atom stereocenters. The van der Waals surface area contributed by atoms with Crippen LogP contribution in [-0.2, 0) is 41.3 Å². The van der Waals surface area contributed by atoms with Gasteiger partial charge in [0.2, 0.25) is 0 Å². The van der Waals surface area contributed by atoms with Crippen LogP contribution in [0.1, 0.15) is 147 Å². The largest absolute Gasteiger partial charge is 0.417 e. The summed E-state index contributed by atoms with van der Waals surface area (Å²) in [5.74, 6) is 3.94. The fourth-order valence-electron chi connectivity index (χ4n) is 4.54. The second kappa shape index (κ2) is 39.3. The smallest absolute Gasteiger partial charge is 0.183 e. The topological polar surface area (TPSA) is 55.4 Å². The second-order valence-electron chi connectivity index (χ2n) is 19.9. The zero-order chi connectivity index (χ0) is 45.2. The van der Waals surface area contributed by atoms with Gasteiger partial charge in [-0.1, -0.05) is 151 Å². The summed E-state index contributed by atoms with van der Waals surface area (Å²) in [5, 5.41) is 0. The number of methoxy groups -OCH3 is 1. The van der Waals surface area contributed by atoms with Crippen LogP contribution in [0.3, 0.4) is 0 Å². The molecule has 0 radical (unpaired) electrons. The molecule has 1 aliphatic heterocycles. The third-order valence-electron chi connectivity index (χ3n) is 7.56. The van der Waals surface area contributed by atoms with Crippen molar-refractivity contribution in [2.75, 3.05) is 46.8 Å². The van der Waals surface area contributed by atoms with Crippen LogP contribution < -0.4 is 0 Å². The Hall–Kier alpha value is -1.58. The normalized spacial score (nSPS) is 13.8. The monoisotopic (exact) mass is 851 g/mol. The maximum absolute atomic E-state index is 5.63. The number of aryl methyl sites for hydroxylation is 1. The molecule has 3 rings (SSSR count). The summed E-state index contributed by atoms with van der Waals surface area (Å²) >= 11 is 0. The quantitative estimate of drug-likeness (QED) is 0.157. The first-order valence-electron chi connectivity index (χ1n) is 22.5. The maximum Gasteiger partial charge on any atom is 0.183 e. The van der Waals surface area contributed by atoms with Crippen molar-refractivity contribution in [1.29, 1.82) is 0 Å². The van der Waals surface area contributed by atoms with Crippen molar-refractivity contribution in [2.45, 2.75) is 182 Å². The molecule has 1 unspecified atom stereocenters. The Kier molecular flexibility index (Phi) is 42.6. The summed E-state index contributed by atoms with van der Waals surface area (Å²) in [5.41, 5.74) is 3.83. The molecule has 1 heterocycles. The van der Waals surface area contributed by atoms with Crippen LogP contribution in [0, 0.1) is 42.4 Å². The van der Waals surface area contributed by atoms with Crippen LogP contribution >= 0.6 is 0 Å². The minimum atomic E-state index is -1.22. The summed E-state index contributed by atoms with van der Waals surface area (Å²) < 4.78 is 32.5. The molecule has 59 heavy (non-hydrogen) atoms. The lowest BCUT2D eigenvalue weighted by Crippen LogP contribution is -2.27. The van der Waals surface area contributed by atoms with Gasteiger partial charge in [-0.15, -0.1) is 0 Å². The molecule has 0 aromatic heterocycles. The van der Waals surface area contributed by atoms with E-state index in [-0.39, 0.29) is 13.0 Å². The van der Waals surface area contributed by atoms with Gasteiger partial charge in [-0.05, 0) is 113 Å². The predicted molar refractivity (Wildman–Crippen MR) is 263 cm³/mol. The molecule has 0 N–H and O–H groups in total. The van der Waals surface area contributed by atoms with E-state index >= 15 is 0 Å². The Bertz CT molecular complexity index is 1090. The SMILES string of the molecule is C.CC(C)C1CCCCO1.CC(C)COC(C)(C)C.CC(C)COCc1ccccc1.CC(C)CO[Si](C)(C)C.COCC(C)C.Cc1ccc(COCC(C)C)cc1. The van der Waals surface area contributed by atoms with Crippen LogP contribution in [0.4, 0.5) is 0 Å². The molecule has 1 saturated heterocycles. The fourth-order valence-corrected chi connectivity index (χ4v) is 5.37. The fraction of sp³-hybridized carbons (Fsp3) is 0.769. The number of ether oxygens (including phenoxy) is 5. The molecular weight excluding hydrogens is 749 g/mol. The molecule has 0 aliphatic carbocycles. The zero-order valence-corrected chi connectivity index (χ0v) is 43.0. The lowest BCUT2D eigenvalue weighted by atomic mass is 9.99. The standard InChI is InChI=1S/C12H18O.C11H16O.C8H16O.C8H18O.C7H18OSi.C5H12O.CH4/c1-10(2)8-13-9-12-6-4-11(3)5-7-12;1-10(2)8-12-9-11-6-4-3-5-7-11;1-7(2)8-5-3-4-6-9-8;1-7(2)6-9-8(3,4)5;1-7(2)6-8-9(3,4)5;1-5(2)4-6-3;/h4-7,10H,8-9H2,1-3H3;3-7,10H,8-9H2,1-2H3;7-8H,3-6H2,1-2H3;2*7H,6H2,1-5H3;5H,4H2,1-3H3;1H4. The van der Waals surface area contributed by atoms with Gasteiger partial charge in [0, 0.05) is 46.8 Å². The molecule has 0 amide bonds. The van der Waals surface area contributed by atoms with Gasteiger partial charge in [0.1, 0.15) is 0 Å². The van der Waals surface area contributed by atoms with Crippen molar-refractivity contribution in [3.63, 3.8) is 0 Å². The Morgan fingerprint density at radius 1 is 0.610 bits per heavy atom. The Morgan fingerprint density at radius 3 is 1.32 bits per heavy atom. The van der Waals surface area contributed by atoms with E-state index in [0.717, 1.165) is 52.9 Å². The number of hydrogen-bond acceptors (Lipinski definition) is 6. The molecule has 2 aromatic rings. The van der Waals surface area contributed by atoms with Crippen molar-refractivity contribution < 1.29 is 28.1 Å². The van der Waals surface area contributed by atoms with E-state index in [1.54, 1.807) is 7.11 Å². The summed E-state index contributed by atoms with van der Waals surface area (Å²) in [6.45, 7) is 47.8. The first-order chi connectivity index (χ1) is 26.9. The van der Waals surface area contributed by atoms with Crippen molar-refractivity contribution in [2.24, 2.45) is 35.5 Å². The van der Waals surface area contributed by atoms with Gasteiger partial charge < -0.3 is 28.1 Å². The number of benzene rings is 2. The van der Waals surface area contributed by atoms with Crippen LogP contribution in [0.5, 0.6) is 0 Å². The van der Waals surface area contributed by atoms with E-state index < -0.39 is 8.32 Å². The molecule has 0 spiro atoms. The highest BCUT2D eigenvalue weighted by molar-refractivity contribution is 6.69. The molecule has 6 nitrogen and oxygen atoms in total. The van der Waals surface area contributed by atoms with Gasteiger partial charge in [-0.3, -0.25) is 0 Å². The highest BCUT2D eigenvalue weighted by Gasteiger charge is 2.16. The summed E-state index contributed by atoms with van der Waals surface area (Å²) in [6, 6.07) is 18.7. The number of hydrogen-bond donors (Lipinski definition) is 0. The average molecular weight is 851 g/mol. The third kappa shape index (κ3) is 54.4. The summed E-state index contributed by atoms with van der Waals surface area (Å²) in [6.07, 6.45) is 4.46. The van der Waals surface area contributed by atoms with Crippen LogP contribution in [0.2, 0.25) is 19.6 Å². The van der Waals surface area contributed by atoms with Gasteiger partial charge in [-0.25, -0.2) is 0 Å².